The van der Waals surface area contributed by atoms with E-state index in [1.165, 1.54) is 24.4 Å². The number of aromatic amines is 1. The smallest absolute Gasteiger partial charge is 0.241 e. The molecule has 2 rings (SSSR count). The van der Waals surface area contributed by atoms with E-state index in [1.54, 1.807) is 0 Å². The molecule has 1 N–H and O–H groups in total. The van der Waals surface area contributed by atoms with Gasteiger partial charge in [0.15, 0.2) is 0 Å². The number of oxime groups is 1. The van der Waals surface area contributed by atoms with Crippen molar-refractivity contribution in [1.82, 2.24) is 29.9 Å². The number of nitrogens with one attached hydrogen (secondary N) is 1. The molecule has 0 saturated carbocycles. The van der Waals surface area contributed by atoms with E-state index >= 15 is 0 Å². The molecule has 0 amide bonds. The lowest BCUT2D eigenvalue weighted by Gasteiger charge is -2.00. The van der Waals surface area contributed by atoms with Crippen molar-refractivity contribution in [1.29, 1.82) is 0 Å². The molecule has 102 valence electrons. The third kappa shape index (κ3) is 3.36. The predicted molar refractivity (Wildman–Crippen MR) is 68.5 cm³/mol. The number of hydrogen-bond acceptors (Lipinski definition) is 6. The van der Waals surface area contributed by atoms with Gasteiger partial charge in [0, 0.05) is 6.42 Å². The lowest BCUT2D eigenvalue weighted by molar-refractivity contribution is 0.211. The summed E-state index contributed by atoms with van der Waals surface area (Å²) in [6, 6.07) is 0. The van der Waals surface area contributed by atoms with Crippen LogP contribution in [0.2, 0.25) is 0 Å². The molecule has 19 heavy (non-hydrogen) atoms. The summed E-state index contributed by atoms with van der Waals surface area (Å²) in [5.74, 6) is 2.28. The second kappa shape index (κ2) is 6.07. The van der Waals surface area contributed by atoms with Crippen LogP contribution >= 0.6 is 0 Å². The Morgan fingerprint density at radius 1 is 1.53 bits per heavy atom. The topological polar surface area (TPSA) is 93.9 Å². The van der Waals surface area contributed by atoms with Crippen molar-refractivity contribution in [2.45, 2.75) is 26.7 Å². The highest BCUT2D eigenvalue weighted by Crippen LogP contribution is 2.06. The van der Waals surface area contributed by atoms with Gasteiger partial charge in [0.2, 0.25) is 11.7 Å². The highest BCUT2D eigenvalue weighted by Gasteiger charge is 2.14. The largest absolute Gasteiger partial charge is 0.397 e. The second-order valence-electron chi connectivity index (χ2n) is 4.48. The third-order valence-corrected chi connectivity index (χ3v) is 2.50. The Hall–Kier alpha value is -2.25. The van der Waals surface area contributed by atoms with Gasteiger partial charge in [-0.15, -0.1) is 5.10 Å². The summed E-state index contributed by atoms with van der Waals surface area (Å²) in [4.78, 5) is 13.1. The van der Waals surface area contributed by atoms with Crippen LogP contribution < -0.4 is 0 Å². The average molecular weight is 263 g/mol. The maximum absolute atomic E-state index is 4.80. The van der Waals surface area contributed by atoms with Crippen LogP contribution in [0.25, 0.3) is 0 Å². The predicted octanol–water partition coefficient (Wildman–Crippen LogP) is 0.841. The van der Waals surface area contributed by atoms with E-state index in [1.807, 2.05) is 0 Å². The summed E-state index contributed by atoms with van der Waals surface area (Å²) in [7, 11) is 1.46. The van der Waals surface area contributed by atoms with Crippen LogP contribution in [0.15, 0.2) is 17.8 Å². The normalized spacial score (nSPS) is 12.1. The quantitative estimate of drug-likeness (QED) is 0.490. The van der Waals surface area contributed by atoms with Crippen molar-refractivity contribution < 1.29 is 4.84 Å². The van der Waals surface area contributed by atoms with Gasteiger partial charge in [-0.25, -0.2) is 9.97 Å². The standard InChI is InChI=1S/C11H17N7O/c1-8(2)4-5-9-14-10(16-15-9)11(17-19-3)18-7-12-6-13-18/h6-8H,4-5H2,1-3H3,(H,14,15,16). The van der Waals surface area contributed by atoms with Crippen molar-refractivity contribution in [3.05, 3.63) is 24.3 Å². The highest BCUT2D eigenvalue weighted by atomic mass is 16.6. The van der Waals surface area contributed by atoms with Crippen LogP contribution in [0.4, 0.5) is 0 Å². The molecule has 0 aliphatic rings. The van der Waals surface area contributed by atoms with Crippen LogP contribution in [0.5, 0.6) is 0 Å². The number of aryl methyl sites for hydroxylation is 1. The molecule has 0 aromatic carbocycles. The molecule has 0 bridgehead atoms. The Balaban J connectivity index is 2.17. The van der Waals surface area contributed by atoms with Crippen molar-refractivity contribution in [3.63, 3.8) is 0 Å². The number of rotatable bonds is 5. The Kier molecular flexibility index (Phi) is 4.22. The zero-order chi connectivity index (χ0) is 13.7. The van der Waals surface area contributed by atoms with Gasteiger partial charge in [-0.3, -0.25) is 5.10 Å². The number of nitrogens with zero attached hydrogens (tertiary/aromatic N) is 6. The minimum absolute atomic E-state index is 0.395. The molecule has 0 saturated heterocycles. The molecule has 8 heteroatoms. The first-order valence-electron chi connectivity index (χ1n) is 6.08. The van der Waals surface area contributed by atoms with E-state index < -0.39 is 0 Å². The lowest BCUT2D eigenvalue weighted by atomic mass is 10.1. The van der Waals surface area contributed by atoms with Gasteiger partial charge >= 0.3 is 0 Å². The molecule has 0 unspecified atom stereocenters. The first-order valence-corrected chi connectivity index (χ1v) is 6.08. The molecular weight excluding hydrogens is 246 g/mol. The molecule has 0 aliphatic carbocycles. The SMILES string of the molecule is CON=C(c1n[nH]c(CCC(C)C)n1)n1cncn1. The number of H-pyrrole nitrogens is 1. The molecule has 8 nitrogen and oxygen atoms in total. The van der Waals surface area contributed by atoms with Crippen LogP contribution in [-0.4, -0.2) is 42.9 Å². The van der Waals surface area contributed by atoms with Gasteiger partial charge in [-0.05, 0) is 12.3 Å². The first-order chi connectivity index (χ1) is 9.20. The summed E-state index contributed by atoms with van der Waals surface area (Å²) in [5, 5.41) is 14.9. The number of hydrogen-bond donors (Lipinski definition) is 1. The Morgan fingerprint density at radius 2 is 2.37 bits per heavy atom. The van der Waals surface area contributed by atoms with Gasteiger partial charge in [0.1, 0.15) is 25.6 Å². The Labute approximate surface area is 110 Å². The van der Waals surface area contributed by atoms with E-state index in [0.717, 1.165) is 18.7 Å². The maximum atomic E-state index is 4.80. The fourth-order valence-electron chi connectivity index (χ4n) is 1.52. The third-order valence-electron chi connectivity index (χ3n) is 2.50. The zero-order valence-corrected chi connectivity index (χ0v) is 11.2. The molecule has 0 atom stereocenters. The van der Waals surface area contributed by atoms with Crippen molar-refractivity contribution in [2.75, 3.05) is 7.11 Å². The molecule has 2 heterocycles. The summed E-state index contributed by atoms with van der Waals surface area (Å²) in [5.41, 5.74) is 0. The Morgan fingerprint density at radius 3 is 3.00 bits per heavy atom. The van der Waals surface area contributed by atoms with E-state index in [-0.39, 0.29) is 0 Å². The highest BCUT2D eigenvalue weighted by molar-refractivity contribution is 5.95. The van der Waals surface area contributed by atoms with E-state index in [2.05, 4.69) is 44.3 Å². The molecule has 2 aromatic rings. The van der Waals surface area contributed by atoms with Gasteiger partial charge in [-0.2, -0.15) is 9.78 Å². The van der Waals surface area contributed by atoms with Crippen LogP contribution in [0, 0.1) is 5.92 Å². The minimum Gasteiger partial charge on any atom is -0.397 e. The average Bonchev–Trinajstić information content (AvgIpc) is 3.05. The maximum Gasteiger partial charge on any atom is 0.241 e. The van der Waals surface area contributed by atoms with Crippen molar-refractivity contribution in [2.24, 2.45) is 11.1 Å². The number of aromatic nitrogens is 6. The minimum atomic E-state index is 0.395. The molecular formula is C11H17N7O. The molecule has 0 radical (unpaired) electrons. The van der Waals surface area contributed by atoms with Gasteiger partial charge in [0.05, 0.1) is 0 Å². The Bertz CT molecular complexity index is 529. The zero-order valence-electron chi connectivity index (χ0n) is 11.2. The van der Waals surface area contributed by atoms with Gasteiger partial charge < -0.3 is 4.84 Å². The van der Waals surface area contributed by atoms with Crippen molar-refractivity contribution in [3.8, 4) is 0 Å². The first kappa shape index (κ1) is 13.2. The molecule has 2 aromatic heterocycles. The summed E-state index contributed by atoms with van der Waals surface area (Å²) >= 11 is 0. The fourth-order valence-corrected chi connectivity index (χ4v) is 1.52. The van der Waals surface area contributed by atoms with Gasteiger partial charge in [-0.1, -0.05) is 19.0 Å². The van der Waals surface area contributed by atoms with E-state index in [4.69, 9.17) is 4.84 Å². The van der Waals surface area contributed by atoms with E-state index in [9.17, 15) is 0 Å². The van der Waals surface area contributed by atoms with E-state index in [0.29, 0.717) is 17.6 Å². The van der Waals surface area contributed by atoms with Crippen LogP contribution in [0.1, 0.15) is 31.9 Å². The summed E-state index contributed by atoms with van der Waals surface area (Å²) < 4.78 is 1.46. The van der Waals surface area contributed by atoms with Crippen LogP contribution in [0.3, 0.4) is 0 Å². The van der Waals surface area contributed by atoms with Crippen molar-refractivity contribution >= 4 is 5.84 Å². The lowest BCUT2D eigenvalue weighted by Crippen LogP contribution is -2.16. The second-order valence-corrected chi connectivity index (χ2v) is 4.48. The molecule has 0 fully saturated rings. The molecule has 0 spiro atoms. The van der Waals surface area contributed by atoms with Crippen LogP contribution in [-0.2, 0) is 11.3 Å². The fraction of sp³-hybridized carbons (Fsp3) is 0.545. The van der Waals surface area contributed by atoms with Gasteiger partial charge in [0.25, 0.3) is 0 Å². The monoisotopic (exact) mass is 263 g/mol. The molecule has 0 aliphatic heterocycles. The summed E-state index contributed by atoms with van der Waals surface area (Å²) in [6.07, 6.45) is 4.83. The summed E-state index contributed by atoms with van der Waals surface area (Å²) in [6.45, 7) is 4.34.